The summed E-state index contributed by atoms with van der Waals surface area (Å²) < 4.78 is 4.39. The second-order valence-electron chi connectivity index (χ2n) is 3.99. The highest BCUT2D eigenvalue weighted by atomic mass is 28.3. The van der Waals surface area contributed by atoms with E-state index in [1.54, 1.807) is 0 Å². The van der Waals surface area contributed by atoms with Gasteiger partial charge in [0.15, 0.2) is 0 Å². The molecule has 1 atom stereocenters. The van der Waals surface area contributed by atoms with Crippen LogP contribution in [0, 0.1) is 11.5 Å². The van der Waals surface area contributed by atoms with Crippen molar-refractivity contribution >= 4 is 19.8 Å². The molecule has 0 amide bonds. The maximum absolute atomic E-state index is 11.2. The number of carbonyl (C=O) groups excluding carboxylic acids is 1. The van der Waals surface area contributed by atoms with Gasteiger partial charge < -0.3 is 15.4 Å². The fraction of sp³-hybridized carbons (Fsp3) is 0.667. The van der Waals surface area contributed by atoms with Crippen molar-refractivity contribution in [3.8, 4) is 11.5 Å². The van der Waals surface area contributed by atoms with Crippen molar-refractivity contribution in [1.29, 1.82) is 0 Å². The molecule has 0 aromatic carbocycles. The van der Waals surface area contributed by atoms with Crippen LogP contribution in [0.2, 0.25) is 18.1 Å². The Kier molecular flexibility index (Phi) is 7.21. The van der Waals surface area contributed by atoms with E-state index in [-0.39, 0.29) is 0 Å². The predicted molar refractivity (Wildman–Crippen MR) is 71.6 cm³/mol. The molecule has 1 unspecified atom stereocenters. The quantitative estimate of drug-likeness (QED) is 0.203. The van der Waals surface area contributed by atoms with Crippen molar-refractivity contribution in [1.82, 2.24) is 0 Å². The molecule has 0 fully saturated rings. The van der Waals surface area contributed by atoms with Gasteiger partial charge in [-0.2, -0.15) is 4.79 Å². The van der Waals surface area contributed by atoms with Crippen molar-refractivity contribution in [2.45, 2.75) is 45.0 Å². The van der Waals surface area contributed by atoms with Gasteiger partial charge in [0.05, 0.1) is 7.11 Å². The summed E-state index contributed by atoms with van der Waals surface area (Å²) in [7, 11) is -0.544. The number of hydrogen-bond donors (Lipinski definition) is 1. The minimum atomic E-state index is -1.69. The Morgan fingerprint density at radius 3 is 2.22 bits per heavy atom. The second kappa shape index (κ2) is 7.83. The van der Waals surface area contributed by atoms with Crippen molar-refractivity contribution in [3.05, 3.63) is 5.53 Å². The van der Waals surface area contributed by atoms with Crippen LogP contribution in [0.4, 0.5) is 0 Å². The summed E-state index contributed by atoms with van der Waals surface area (Å²) in [5.41, 5.74) is 11.3. The van der Waals surface area contributed by atoms with Crippen LogP contribution in [0.25, 0.3) is 5.53 Å². The summed E-state index contributed by atoms with van der Waals surface area (Å²) in [5.74, 6) is 1.74. The number of rotatable bonds is 5. The number of ether oxygens (including phenoxy) is 1. The zero-order chi connectivity index (χ0) is 14.2. The largest absolute Gasteiger partial charge is 0.460 e. The number of nitrogens with zero attached hydrogens (tertiary/aromatic N) is 2. The summed E-state index contributed by atoms with van der Waals surface area (Å²) in [6.45, 7) is 6.25. The maximum Gasteiger partial charge on any atom is 0.420 e. The lowest BCUT2D eigenvalue weighted by Gasteiger charge is -2.20. The van der Waals surface area contributed by atoms with Crippen LogP contribution in [-0.4, -0.2) is 42.9 Å². The van der Waals surface area contributed by atoms with Crippen molar-refractivity contribution in [2.75, 3.05) is 7.11 Å². The molecule has 1 N–H and O–H groups in total. The van der Waals surface area contributed by atoms with Crippen molar-refractivity contribution in [3.63, 3.8) is 0 Å². The van der Waals surface area contributed by atoms with Crippen LogP contribution in [0.1, 0.15) is 20.8 Å². The smallest absolute Gasteiger partial charge is 0.420 e. The van der Waals surface area contributed by atoms with Crippen LogP contribution in [-0.2, 0) is 9.53 Å². The van der Waals surface area contributed by atoms with E-state index in [2.05, 4.69) is 41.8 Å². The molecule has 18 heavy (non-hydrogen) atoms. The molecule has 0 heterocycles. The van der Waals surface area contributed by atoms with Gasteiger partial charge in [-0.05, 0) is 18.1 Å². The Balaban J connectivity index is 5.12. The third kappa shape index (κ3) is 4.11. The zero-order valence-corrected chi connectivity index (χ0v) is 12.4. The van der Waals surface area contributed by atoms with Crippen LogP contribution >= 0.6 is 0 Å². The number of aliphatic hydroxyl groups is 1. The first-order valence-electron chi connectivity index (χ1n) is 6.01. The van der Waals surface area contributed by atoms with Gasteiger partial charge in [-0.1, -0.05) is 26.7 Å². The number of esters is 1. The van der Waals surface area contributed by atoms with E-state index in [0.29, 0.717) is 0 Å². The molecule has 0 aromatic heterocycles. The lowest BCUT2D eigenvalue weighted by Crippen LogP contribution is -2.33. The molecule has 0 saturated heterocycles. The summed E-state index contributed by atoms with van der Waals surface area (Å²) in [6, 6.07) is 2.97. The van der Waals surface area contributed by atoms with E-state index in [9.17, 15) is 9.90 Å². The average molecular weight is 268 g/mol. The van der Waals surface area contributed by atoms with E-state index < -0.39 is 25.9 Å². The zero-order valence-electron chi connectivity index (χ0n) is 11.4. The molecule has 0 saturated carbocycles. The standard InChI is InChI=1S/C12H20N2O3Si/c1-5-18(6-2,7-3)9-8-10(15)11(14-13)12(16)17-4/h10,15H,5-7H2,1-4H3. The normalized spacial score (nSPS) is 11.8. The fourth-order valence-corrected chi connectivity index (χ4v) is 4.09. The van der Waals surface area contributed by atoms with Gasteiger partial charge in [-0.3, -0.25) is 0 Å². The molecule has 5 nitrogen and oxygen atoms in total. The summed E-state index contributed by atoms with van der Waals surface area (Å²) in [5, 5.41) is 9.72. The molecule has 0 spiro atoms. The molecule has 0 aliphatic heterocycles. The number of aliphatic hydroxyl groups excluding tert-OH is 1. The molecule has 0 aromatic rings. The highest BCUT2D eigenvalue weighted by molar-refractivity contribution is 6.87. The maximum atomic E-state index is 11.2. The Bertz CT molecular complexity index is 393. The van der Waals surface area contributed by atoms with E-state index in [0.717, 1.165) is 25.2 Å². The van der Waals surface area contributed by atoms with Gasteiger partial charge in [0, 0.05) is 0 Å². The summed E-state index contributed by atoms with van der Waals surface area (Å²) >= 11 is 0. The van der Waals surface area contributed by atoms with E-state index in [4.69, 9.17) is 5.53 Å². The highest BCUT2D eigenvalue weighted by Crippen LogP contribution is 2.18. The van der Waals surface area contributed by atoms with Gasteiger partial charge >= 0.3 is 11.7 Å². The molecule has 0 radical (unpaired) electrons. The number of methoxy groups -OCH3 is 1. The Hall–Kier alpha value is -1.41. The molecule has 6 heteroatoms. The average Bonchev–Trinajstić information content (AvgIpc) is 2.41. The highest BCUT2D eigenvalue weighted by Gasteiger charge is 2.30. The van der Waals surface area contributed by atoms with Crippen molar-refractivity contribution in [2.24, 2.45) is 0 Å². The summed E-state index contributed by atoms with van der Waals surface area (Å²) in [6.07, 6.45) is -1.40. The minimum absolute atomic E-state index is 0.476. The SMILES string of the molecule is CC[Si](C#CC(O)C(=[N+]=[N-])C(=O)OC)(CC)CC. The Morgan fingerprint density at radius 2 is 1.89 bits per heavy atom. The van der Waals surface area contributed by atoms with Crippen LogP contribution in [0.15, 0.2) is 0 Å². The number of carbonyl (C=O) groups is 1. The third-order valence-corrected chi connectivity index (χ3v) is 8.00. The summed E-state index contributed by atoms with van der Waals surface area (Å²) in [4.78, 5) is 13.9. The molecular formula is C12H20N2O3Si. The van der Waals surface area contributed by atoms with Crippen LogP contribution in [0.5, 0.6) is 0 Å². The Labute approximate surface area is 109 Å². The van der Waals surface area contributed by atoms with E-state index in [1.165, 1.54) is 0 Å². The topological polar surface area (TPSA) is 82.9 Å². The van der Waals surface area contributed by atoms with E-state index in [1.807, 2.05) is 0 Å². The van der Waals surface area contributed by atoms with Gasteiger partial charge in [0.25, 0.3) is 0 Å². The molecule has 0 aliphatic carbocycles. The molecular weight excluding hydrogens is 248 g/mol. The van der Waals surface area contributed by atoms with Gasteiger partial charge in [-0.25, -0.2) is 4.79 Å². The van der Waals surface area contributed by atoms with Crippen LogP contribution < -0.4 is 0 Å². The van der Waals surface area contributed by atoms with Gasteiger partial charge in [0.1, 0.15) is 8.07 Å². The lowest BCUT2D eigenvalue weighted by molar-refractivity contribution is -0.138. The monoisotopic (exact) mass is 268 g/mol. The van der Waals surface area contributed by atoms with E-state index >= 15 is 0 Å². The van der Waals surface area contributed by atoms with Gasteiger partial charge in [-0.15, -0.1) is 5.54 Å². The Morgan fingerprint density at radius 1 is 1.39 bits per heavy atom. The third-order valence-electron chi connectivity index (χ3n) is 3.27. The predicted octanol–water partition coefficient (Wildman–Crippen LogP) is 1.24. The molecule has 0 aliphatic rings. The first kappa shape index (κ1) is 16.6. The molecule has 100 valence electrons. The van der Waals surface area contributed by atoms with Crippen molar-refractivity contribution < 1.29 is 19.4 Å². The molecule has 0 rings (SSSR count). The molecule has 0 bridgehead atoms. The van der Waals surface area contributed by atoms with Gasteiger partial charge in [0.2, 0.25) is 6.10 Å². The minimum Gasteiger partial charge on any atom is -0.460 e. The number of hydrogen-bond acceptors (Lipinski definition) is 3. The lowest BCUT2D eigenvalue weighted by atomic mass is 10.2. The first-order chi connectivity index (χ1) is 8.50. The van der Waals surface area contributed by atoms with Crippen LogP contribution in [0.3, 0.4) is 0 Å². The second-order valence-corrected chi connectivity index (χ2v) is 8.92. The fourth-order valence-electron chi connectivity index (χ4n) is 1.62. The first-order valence-corrected chi connectivity index (χ1v) is 8.63.